The number of aryl methyl sites for hydroxylation is 1. The minimum atomic E-state index is -0.633. The summed E-state index contributed by atoms with van der Waals surface area (Å²) < 4.78 is 10.3. The van der Waals surface area contributed by atoms with Gasteiger partial charge in [-0.05, 0) is 31.5 Å². The molecule has 0 bridgehead atoms. The van der Waals surface area contributed by atoms with Crippen molar-refractivity contribution in [2.75, 3.05) is 6.61 Å². The molecular formula is C19H16N2O5. The van der Waals surface area contributed by atoms with Crippen LogP contribution in [0.5, 0.6) is 0 Å². The Hall–Kier alpha value is -3.48. The zero-order valence-corrected chi connectivity index (χ0v) is 14.3. The third-order valence-electron chi connectivity index (χ3n) is 3.84. The van der Waals surface area contributed by atoms with E-state index in [0.717, 1.165) is 11.1 Å². The molecular weight excluding hydrogens is 336 g/mol. The first-order valence-electron chi connectivity index (χ1n) is 8.00. The van der Waals surface area contributed by atoms with Crippen LogP contribution >= 0.6 is 0 Å². The predicted octanol–water partition coefficient (Wildman–Crippen LogP) is 4.40. The average Bonchev–Trinajstić information content (AvgIpc) is 3.07. The van der Waals surface area contributed by atoms with Crippen LogP contribution in [0.4, 0.5) is 5.69 Å². The number of hydrogen-bond acceptors (Lipinski definition) is 6. The van der Waals surface area contributed by atoms with Crippen molar-refractivity contribution in [1.82, 2.24) is 5.16 Å². The molecule has 0 saturated carbocycles. The molecule has 0 aliphatic carbocycles. The number of hydrogen-bond donors (Lipinski definition) is 0. The number of nitro groups is 1. The van der Waals surface area contributed by atoms with Crippen LogP contribution < -0.4 is 0 Å². The summed E-state index contributed by atoms with van der Waals surface area (Å²) in [6, 6.07) is 13.5. The first kappa shape index (κ1) is 17.3. The number of carbonyl (C=O) groups excluding carboxylic acids is 1. The molecule has 0 amide bonds. The number of non-ortho nitro benzene ring substituents is 1. The highest BCUT2D eigenvalue weighted by molar-refractivity contribution is 5.98. The van der Waals surface area contributed by atoms with E-state index < -0.39 is 10.9 Å². The maximum absolute atomic E-state index is 12.2. The molecule has 0 saturated heterocycles. The first-order chi connectivity index (χ1) is 12.5. The van der Waals surface area contributed by atoms with Gasteiger partial charge in [0, 0.05) is 17.7 Å². The first-order valence-corrected chi connectivity index (χ1v) is 8.00. The molecule has 132 valence electrons. The highest BCUT2D eigenvalue weighted by Gasteiger charge is 2.26. The quantitative estimate of drug-likeness (QED) is 0.383. The molecule has 3 aromatic rings. The number of aromatic nitrogens is 1. The molecule has 0 spiro atoms. The van der Waals surface area contributed by atoms with Crippen molar-refractivity contribution >= 4 is 11.7 Å². The number of nitrogens with zero attached hydrogens (tertiary/aromatic N) is 2. The van der Waals surface area contributed by atoms with E-state index in [4.69, 9.17) is 9.26 Å². The summed E-state index contributed by atoms with van der Waals surface area (Å²) in [5.74, 6) is -0.664. The van der Waals surface area contributed by atoms with Gasteiger partial charge in [-0.1, -0.05) is 35.0 Å². The lowest BCUT2D eigenvalue weighted by atomic mass is 9.98. The monoisotopic (exact) mass is 352 g/mol. The van der Waals surface area contributed by atoms with Crippen molar-refractivity contribution in [1.29, 1.82) is 0 Å². The van der Waals surface area contributed by atoms with Crippen LogP contribution in [0.25, 0.3) is 22.4 Å². The lowest BCUT2D eigenvalue weighted by Gasteiger charge is -2.05. The van der Waals surface area contributed by atoms with E-state index in [9.17, 15) is 14.9 Å². The number of benzene rings is 2. The second-order valence-electron chi connectivity index (χ2n) is 5.63. The second-order valence-corrected chi connectivity index (χ2v) is 5.63. The number of esters is 1. The zero-order valence-electron chi connectivity index (χ0n) is 14.3. The summed E-state index contributed by atoms with van der Waals surface area (Å²) in [5.41, 5.74) is 3.31. The summed E-state index contributed by atoms with van der Waals surface area (Å²) in [6.45, 7) is 3.85. The maximum atomic E-state index is 12.2. The van der Waals surface area contributed by atoms with Crippen LogP contribution in [0, 0.1) is 17.0 Å². The number of carbonyl (C=O) groups is 1. The lowest BCUT2D eigenvalue weighted by molar-refractivity contribution is -0.384. The summed E-state index contributed by atoms with van der Waals surface area (Å²) >= 11 is 0. The van der Waals surface area contributed by atoms with Gasteiger partial charge >= 0.3 is 5.97 Å². The Kier molecular flexibility index (Phi) is 4.79. The largest absolute Gasteiger partial charge is 0.460 e. The SMILES string of the molecule is CCOC(=O)c1onc(-c2ccc(C)cc2)c1-c1ccc([N+](=O)[O-])cc1. The van der Waals surface area contributed by atoms with Gasteiger partial charge in [0.2, 0.25) is 0 Å². The van der Waals surface area contributed by atoms with Gasteiger partial charge in [-0.3, -0.25) is 10.1 Å². The van der Waals surface area contributed by atoms with E-state index >= 15 is 0 Å². The van der Waals surface area contributed by atoms with Crippen LogP contribution in [0.15, 0.2) is 53.1 Å². The van der Waals surface area contributed by atoms with E-state index in [2.05, 4.69) is 5.16 Å². The van der Waals surface area contributed by atoms with E-state index in [1.54, 1.807) is 19.1 Å². The fourth-order valence-corrected chi connectivity index (χ4v) is 2.55. The number of nitro benzene ring substituents is 1. The van der Waals surface area contributed by atoms with Gasteiger partial charge in [0.05, 0.1) is 17.1 Å². The van der Waals surface area contributed by atoms with Crippen LogP contribution in [0.1, 0.15) is 23.0 Å². The highest BCUT2D eigenvalue weighted by atomic mass is 16.6. The molecule has 2 aromatic carbocycles. The summed E-state index contributed by atoms with van der Waals surface area (Å²) in [5, 5.41) is 14.9. The van der Waals surface area contributed by atoms with Crippen LogP contribution in [-0.2, 0) is 4.74 Å². The number of rotatable bonds is 5. The minimum absolute atomic E-state index is 0.0312. The van der Waals surface area contributed by atoms with E-state index in [0.29, 0.717) is 16.8 Å². The summed E-state index contributed by atoms with van der Waals surface area (Å²) in [7, 11) is 0. The molecule has 0 radical (unpaired) electrons. The van der Waals surface area contributed by atoms with E-state index in [-0.39, 0.29) is 18.1 Å². The fraction of sp³-hybridized carbons (Fsp3) is 0.158. The molecule has 3 rings (SSSR count). The number of ether oxygens (including phenoxy) is 1. The molecule has 1 heterocycles. The van der Waals surface area contributed by atoms with Gasteiger partial charge in [0.25, 0.3) is 11.4 Å². The minimum Gasteiger partial charge on any atom is -0.460 e. The van der Waals surface area contributed by atoms with Gasteiger partial charge in [-0.2, -0.15) is 0 Å². The molecule has 0 aliphatic rings. The second kappa shape index (κ2) is 7.18. The molecule has 0 unspecified atom stereocenters. The third-order valence-corrected chi connectivity index (χ3v) is 3.84. The van der Waals surface area contributed by atoms with Crippen LogP contribution in [0.2, 0.25) is 0 Å². The molecule has 0 aliphatic heterocycles. The molecule has 7 heteroatoms. The van der Waals surface area contributed by atoms with Crippen molar-refractivity contribution in [3.8, 4) is 22.4 Å². The Bertz CT molecular complexity index is 943. The Labute approximate surface area is 149 Å². The van der Waals surface area contributed by atoms with Crippen LogP contribution in [-0.4, -0.2) is 22.7 Å². The Morgan fingerprint density at radius 2 is 1.73 bits per heavy atom. The van der Waals surface area contributed by atoms with E-state index in [1.165, 1.54) is 12.1 Å². The fourth-order valence-electron chi connectivity index (χ4n) is 2.55. The van der Waals surface area contributed by atoms with Crippen LogP contribution in [0.3, 0.4) is 0 Å². The van der Waals surface area contributed by atoms with Gasteiger partial charge in [-0.25, -0.2) is 4.79 Å². The molecule has 0 atom stereocenters. The van der Waals surface area contributed by atoms with Gasteiger partial charge in [0.1, 0.15) is 5.69 Å². The Morgan fingerprint density at radius 1 is 1.12 bits per heavy atom. The molecule has 26 heavy (non-hydrogen) atoms. The maximum Gasteiger partial charge on any atom is 0.377 e. The molecule has 0 N–H and O–H groups in total. The van der Waals surface area contributed by atoms with E-state index in [1.807, 2.05) is 31.2 Å². The standard InChI is InChI=1S/C19H16N2O5/c1-3-25-19(22)18-16(13-8-10-15(11-9-13)21(23)24)17(20-26-18)14-6-4-12(2)5-7-14/h4-11H,3H2,1-2H3. The summed E-state index contributed by atoms with van der Waals surface area (Å²) in [4.78, 5) is 22.6. The van der Waals surface area contributed by atoms with Crippen molar-refractivity contribution in [2.45, 2.75) is 13.8 Å². The molecule has 0 fully saturated rings. The van der Waals surface area contributed by atoms with Crippen molar-refractivity contribution in [3.05, 3.63) is 70.0 Å². The normalized spacial score (nSPS) is 10.5. The van der Waals surface area contributed by atoms with Gasteiger partial charge in [0.15, 0.2) is 0 Å². The molecule has 7 nitrogen and oxygen atoms in total. The highest BCUT2D eigenvalue weighted by Crippen LogP contribution is 2.35. The zero-order chi connectivity index (χ0) is 18.7. The topological polar surface area (TPSA) is 95.5 Å². The van der Waals surface area contributed by atoms with Crippen molar-refractivity contribution in [2.24, 2.45) is 0 Å². The lowest BCUT2D eigenvalue weighted by Crippen LogP contribution is -2.05. The van der Waals surface area contributed by atoms with Gasteiger partial charge < -0.3 is 9.26 Å². The predicted molar refractivity (Wildman–Crippen MR) is 94.7 cm³/mol. The third kappa shape index (κ3) is 3.32. The Morgan fingerprint density at radius 3 is 2.31 bits per heavy atom. The Balaban J connectivity index is 2.15. The summed E-state index contributed by atoms with van der Waals surface area (Å²) in [6.07, 6.45) is 0. The van der Waals surface area contributed by atoms with Crippen molar-refractivity contribution in [3.63, 3.8) is 0 Å². The van der Waals surface area contributed by atoms with Crippen molar-refractivity contribution < 1.29 is 19.0 Å². The molecule has 1 aromatic heterocycles. The van der Waals surface area contributed by atoms with Gasteiger partial charge in [-0.15, -0.1) is 0 Å². The smallest absolute Gasteiger partial charge is 0.377 e. The average molecular weight is 352 g/mol.